The van der Waals surface area contributed by atoms with Crippen LogP contribution in [-0.2, 0) is 0 Å². The Hall–Kier alpha value is -2.62. The van der Waals surface area contributed by atoms with E-state index >= 15 is 0 Å². The molecule has 0 spiro atoms. The number of nitrogens with zero attached hydrogens (tertiary/aromatic N) is 1. The summed E-state index contributed by atoms with van der Waals surface area (Å²) in [5.41, 5.74) is 2.63. The van der Waals surface area contributed by atoms with Crippen molar-refractivity contribution < 1.29 is 14.0 Å². The summed E-state index contributed by atoms with van der Waals surface area (Å²) in [6.45, 7) is 3.67. The van der Waals surface area contributed by atoms with E-state index in [0.717, 1.165) is 16.0 Å². The van der Waals surface area contributed by atoms with Gasteiger partial charge in [0.15, 0.2) is 0 Å². The van der Waals surface area contributed by atoms with Crippen LogP contribution in [0.4, 0.5) is 0 Å². The molecule has 0 unspecified atom stereocenters. The average molecular weight is 267 g/mol. The van der Waals surface area contributed by atoms with Crippen molar-refractivity contribution in [2.75, 3.05) is 0 Å². The van der Waals surface area contributed by atoms with Gasteiger partial charge in [0, 0.05) is 6.20 Å². The molecule has 0 bridgehead atoms. The highest BCUT2D eigenvalue weighted by Gasteiger charge is 2.36. The van der Waals surface area contributed by atoms with Gasteiger partial charge in [-0.25, -0.2) is 4.90 Å². The second-order valence-electron chi connectivity index (χ2n) is 4.76. The smallest absolute Gasteiger partial charge is 0.265 e. The van der Waals surface area contributed by atoms with E-state index in [9.17, 15) is 9.59 Å². The first-order valence-electron chi connectivity index (χ1n) is 6.29. The monoisotopic (exact) mass is 267 g/mol. The number of amides is 2. The first-order chi connectivity index (χ1) is 9.59. The highest BCUT2D eigenvalue weighted by molar-refractivity contribution is 6.23. The number of carbonyl (C=O) groups is 2. The maximum Gasteiger partial charge on any atom is 0.265 e. The molecule has 4 nitrogen and oxygen atoms in total. The number of benzene rings is 1. The maximum atomic E-state index is 12.4. The minimum absolute atomic E-state index is 0.283. The van der Waals surface area contributed by atoms with Crippen LogP contribution >= 0.6 is 0 Å². The zero-order valence-electron chi connectivity index (χ0n) is 11.2. The minimum Gasteiger partial charge on any atom is -0.465 e. The summed E-state index contributed by atoms with van der Waals surface area (Å²) in [4.78, 5) is 25.9. The molecule has 1 aliphatic rings. The Labute approximate surface area is 116 Å². The second-order valence-corrected chi connectivity index (χ2v) is 4.76. The minimum atomic E-state index is -0.283. The predicted octanol–water partition coefficient (Wildman–Crippen LogP) is 3.16. The van der Waals surface area contributed by atoms with E-state index in [1.165, 1.54) is 12.5 Å². The van der Waals surface area contributed by atoms with Gasteiger partial charge in [0.25, 0.3) is 11.8 Å². The molecule has 1 aromatic heterocycles. The van der Waals surface area contributed by atoms with Crippen LogP contribution in [0.2, 0.25) is 0 Å². The second kappa shape index (κ2) is 4.49. The SMILES string of the molecule is Cc1ccc(C)c2c1C(=O)N(/C=C/c1ccco1)C2=O. The molecule has 20 heavy (non-hydrogen) atoms. The molecule has 0 N–H and O–H groups in total. The molecular formula is C16H13NO3. The van der Waals surface area contributed by atoms with Crippen molar-refractivity contribution in [2.45, 2.75) is 13.8 Å². The molecule has 0 fully saturated rings. The Morgan fingerprint density at radius 2 is 1.60 bits per heavy atom. The summed E-state index contributed by atoms with van der Waals surface area (Å²) in [6.07, 6.45) is 4.60. The molecule has 0 atom stereocenters. The van der Waals surface area contributed by atoms with Gasteiger partial charge in [-0.1, -0.05) is 12.1 Å². The Kier molecular flexibility index (Phi) is 2.79. The highest BCUT2D eigenvalue weighted by Crippen LogP contribution is 2.29. The molecule has 2 heterocycles. The molecule has 2 aromatic rings. The third-order valence-corrected chi connectivity index (χ3v) is 3.42. The Morgan fingerprint density at radius 1 is 1.00 bits per heavy atom. The summed E-state index contributed by atoms with van der Waals surface area (Å²) in [5.74, 6) is 0.0259. The molecule has 0 saturated carbocycles. The van der Waals surface area contributed by atoms with Crippen LogP contribution in [0.1, 0.15) is 37.6 Å². The van der Waals surface area contributed by atoms with Crippen molar-refractivity contribution >= 4 is 17.9 Å². The van der Waals surface area contributed by atoms with Crippen molar-refractivity contribution in [3.05, 3.63) is 64.7 Å². The number of hydrogen-bond donors (Lipinski definition) is 0. The number of fused-ring (bicyclic) bond motifs is 1. The van der Waals surface area contributed by atoms with E-state index in [1.807, 2.05) is 26.0 Å². The van der Waals surface area contributed by atoms with E-state index in [1.54, 1.807) is 18.2 Å². The Balaban J connectivity index is 2.02. The van der Waals surface area contributed by atoms with Gasteiger partial charge in [0.1, 0.15) is 5.76 Å². The third-order valence-electron chi connectivity index (χ3n) is 3.42. The van der Waals surface area contributed by atoms with Gasteiger partial charge in [-0.3, -0.25) is 9.59 Å². The number of rotatable bonds is 2. The van der Waals surface area contributed by atoms with Gasteiger partial charge in [-0.2, -0.15) is 0 Å². The molecule has 0 saturated heterocycles. The van der Waals surface area contributed by atoms with E-state index in [2.05, 4.69) is 0 Å². The van der Waals surface area contributed by atoms with Crippen molar-refractivity contribution in [3.63, 3.8) is 0 Å². The molecule has 0 radical (unpaired) electrons. The van der Waals surface area contributed by atoms with Crippen molar-refractivity contribution in [1.29, 1.82) is 0 Å². The Morgan fingerprint density at radius 3 is 2.10 bits per heavy atom. The summed E-state index contributed by atoms with van der Waals surface area (Å²) in [5, 5.41) is 0. The lowest BCUT2D eigenvalue weighted by molar-refractivity contribution is 0.0722. The zero-order valence-corrected chi connectivity index (χ0v) is 11.2. The number of hydrogen-bond acceptors (Lipinski definition) is 3. The topological polar surface area (TPSA) is 50.5 Å². The predicted molar refractivity (Wildman–Crippen MR) is 74.2 cm³/mol. The van der Waals surface area contributed by atoms with Crippen LogP contribution in [0.3, 0.4) is 0 Å². The summed E-state index contributed by atoms with van der Waals surface area (Å²) >= 11 is 0. The maximum absolute atomic E-state index is 12.4. The summed E-state index contributed by atoms with van der Waals surface area (Å²) < 4.78 is 5.15. The lowest BCUT2D eigenvalue weighted by Gasteiger charge is -2.06. The van der Waals surface area contributed by atoms with Crippen LogP contribution < -0.4 is 0 Å². The fourth-order valence-electron chi connectivity index (χ4n) is 2.36. The molecular weight excluding hydrogens is 254 g/mol. The molecule has 2 amide bonds. The van der Waals surface area contributed by atoms with Crippen molar-refractivity contribution in [1.82, 2.24) is 4.90 Å². The van der Waals surface area contributed by atoms with Crippen LogP contribution in [0.15, 0.2) is 41.1 Å². The largest absolute Gasteiger partial charge is 0.465 e. The summed E-state index contributed by atoms with van der Waals surface area (Å²) in [6, 6.07) is 7.22. The fourth-order valence-corrected chi connectivity index (χ4v) is 2.36. The van der Waals surface area contributed by atoms with E-state index in [4.69, 9.17) is 4.42 Å². The quantitative estimate of drug-likeness (QED) is 0.785. The van der Waals surface area contributed by atoms with Gasteiger partial charge < -0.3 is 4.42 Å². The van der Waals surface area contributed by atoms with E-state index in [0.29, 0.717) is 16.9 Å². The lowest BCUT2D eigenvalue weighted by Crippen LogP contribution is -2.23. The van der Waals surface area contributed by atoms with Crippen molar-refractivity contribution in [3.8, 4) is 0 Å². The van der Waals surface area contributed by atoms with Gasteiger partial charge in [0.2, 0.25) is 0 Å². The lowest BCUT2D eigenvalue weighted by atomic mass is 9.99. The van der Waals surface area contributed by atoms with Crippen LogP contribution in [-0.4, -0.2) is 16.7 Å². The normalized spacial score (nSPS) is 14.4. The number of carbonyl (C=O) groups excluding carboxylic acids is 2. The number of furan rings is 1. The van der Waals surface area contributed by atoms with Crippen molar-refractivity contribution in [2.24, 2.45) is 0 Å². The van der Waals surface area contributed by atoms with Gasteiger partial charge in [-0.05, 0) is 43.2 Å². The Bertz CT molecular complexity index is 685. The van der Waals surface area contributed by atoms with Gasteiger partial charge in [-0.15, -0.1) is 0 Å². The molecule has 3 rings (SSSR count). The first-order valence-corrected chi connectivity index (χ1v) is 6.29. The van der Waals surface area contributed by atoms with Crippen LogP contribution in [0, 0.1) is 13.8 Å². The fraction of sp³-hybridized carbons (Fsp3) is 0.125. The standard InChI is InChI=1S/C16H13NO3/c1-10-5-6-11(2)14-13(10)15(18)17(16(14)19)8-7-12-4-3-9-20-12/h3-9H,1-2H3/b8-7+. The molecule has 1 aromatic carbocycles. The number of aryl methyl sites for hydroxylation is 2. The molecule has 100 valence electrons. The van der Waals surface area contributed by atoms with Gasteiger partial charge >= 0.3 is 0 Å². The highest BCUT2D eigenvalue weighted by atomic mass is 16.3. The molecule has 1 aliphatic heterocycles. The zero-order chi connectivity index (χ0) is 14.3. The first kappa shape index (κ1) is 12.4. The van der Waals surface area contributed by atoms with Crippen LogP contribution in [0.25, 0.3) is 6.08 Å². The number of imide groups is 1. The average Bonchev–Trinajstić information content (AvgIpc) is 3.01. The van der Waals surface area contributed by atoms with Crippen LogP contribution in [0.5, 0.6) is 0 Å². The molecule has 4 heteroatoms. The van der Waals surface area contributed by atoms with E-state index < -0.39 is 0 Å². The van der Waals surface area contributed by atoms with Gasteiger partial charge in [0.05, 0.1) is 17.4 Å². The van der Waals surface area contributed by atoms with E-state index in [-0.39, 0.29) is 11.8 Å². The third kappa shape index (κ3) is 1.77. The summed E-state index contributed by atoms with van der Waals surface area (Å²) in [7, 11) is 0. The molecule has 0 aliphatic carbocycles.